The third-order valence-corrected chi connectivity index (χ3v) is 3.19. The van der Waals surface area contributed by atoms with Crippen LogP contribution < -0.4 is 5.32 Å². The molecule has 18 heavy (non-hydrogen) atoms. The Morgan fingerprint density at radius 2 is 2.28 bits per heavy atom. The summed E-state index contributed by atoms with van der Waals surface area (Å²) in [4.78, 5) is 13.3. The predicted octanol–water partition coefficient (Wildman–Crippen LogP) is 1.57. The standard InChI is InChI=1S/C14H17N3O/c1-17(9-7-15)8-6-11-2-4-13-12(10-11)3-5-14(18)16-13/h2,4,10H,3,5-6,8-9H2,1H3,(H,16,18). The molecule has 0 unspecified atom stereocenters. The molecule has 1 heterocycles. The summed E-state index contributed by atoms with van der Waals surface area (Å²) in [6.07, 6.45) is 2.33. The Morgan fingerprint density at radius 3 is 3.06 bits per heavy atom. The Labute approximate surface area is 107 Å². The minimum Gasteiger partial charge on any atom is -0.326 e. The molecule has 1 aromatic carbocycles. The fourth-order valence-corrected chi connectivity index (χ4v) is 2.11. The van der Waals surface area contributed by atoms with E-state index in [0.29, 0.717) is 13.0 Å². The zero-order chi connectivity index (χ0) is 13.0. The van der Waals surface area contributed by atoms with Crippen LogP contribution in [0, 0.1) is 11.3 Å². The van der Waals surface area contributed by atoms with Gasteiger partial charge in [-0.15, -0.1) is 0 Å². The van der Waals surface area contributed by atoms with Gasteiger partial charge in [-0.2, -0.15) is 5.26 Å². The fourth-order valence-electron chi connectivity index (χ4n) is 2.11. The molecule has 0 bridgehead atoms. The first kappa shape index (κ1) is 12.6. The number of likely N-dealkylation sites (N-methyl/N-ethyl adjacent to an activating group) is 1. The smallest absolute Gasteiger partial charge is 0.224 e. The van der Waals surface area contributed by atoms with Gasteiger partial charge >= 0.3 is 0 Å². The van der Waals surface area contributed by atoms with Crippen LogP contribution in [0.2, 0.25) is 0 Å². The summed E-state index contributed by atoms with van der Waals surface area (Å²) in [5, 5.41) is 11.5. The average molecular weight is 243 g/mol. The van der Waals surface area contributed by atoms with E-state index in [1.807, 2.05) is 24.1 Å². The van der Waals surface area contributed by atoms with E-state index in [1.165, 1.54) is 11.1 Å². The number of fused-ring (bicyclic) bond motifs is 1. The topological polar surface area (TPSA) is 56.1 Å². The van der Waals surface area contributed by atoms with Gasteiger partial charge < -0.3 is 5.32 Å². The Morgan fingerprint density at radius 1 is 1.44 bits per heavy atom. The van der Waals surface area contributed by atoms with Crippen molar-refractivity contribution in [2.75, 3.05) is 25.5 Å². The first-order valence-electron chi connectivity index (χ1n) is 6.16. The molecular formula is C14H17N3O. The van der Waals surface area contributed by atoms with Gasteiger partial charge in [-0.1, -0.05) is 12.1 Å². The molecule has 94 valence electrons. The number of amides is 1. The van der Waals surface area contributed by atoms with Crippen LogP contribution in [0.25, 0.3) is 0 Å². The van der Waals surface area contributed by atoms with Crippen LogP contribution in [-0.4, -0.2) is 30.9 Å². The summed E-state index contributed by atoms with van der Waals surface area (Å²) >= 11 is 0. The quantitative estimate of drug-likeness (QED) is 0.817. The molecule has 4 nitrogen and oxygen atoms in total. The number of rotatable bonds is 4. The maximum atomic E-state index is 11.2. The van der Waals surface area contributed by atoms with Gasteiger partial charge in [0.25, 0.3) is 0 Å². The Kier molecular flexibility index (Phi) is 3.96. The molecule has 0 fully saturated rings. The summed E-state index contributed by atoms with van der Waals surface area (Å²) in [5.74, 6) is 0.101. The van der Waals surface area contributed by atoms with E-state index >= 15 is 0 Å². The molecule has 1 aliphatic heterocycles. The normalized spacial score (nSPS) is 13.9. The fraction of sp³-hybridized carbons (Fsp3) is 0.429. The molecule has 0 aliphatic carbocycles. The number of hydrogen-bond acceptors (Lipinski definition) is 3. The van der Waals surface area contributed by atoms with Crippen molar-refractivity contribution in [1.82, 2.24) is 4.90 Å². The highest BCUT2D eigenvalue weighted by Crippen LogP contribution is 2.23. The maximum Gasteiger partial charge on any atom is 0.224 e. The number of nitriles is 1. The SMILES string of the molecule is CN(CC#N)CCc1ccc2c(c1)CCC(=O)N2. The van der Waals surface area contributed by atoms with E-state index < -0.39 is 0 Å². The van der Waals surface area contributed by atoms with Gasteiger partial charge in [0.05, 0.1) is 12.6 Å². The Bertz CT molecular complexity index is 490. The molecule has 0 radical (unpaired) electrons. The first-order chi connectivity index (χ1) is 8.69. The van der Waals surface area contributed by atoms with Crippen molar-refractivity contribution in [3.63, 3.8) is 0 Å². The molecule has 1 aliphatic rings. The molecule has 1 amide bonds. The minimum atomic E-state index is 0.101. The number of hydrogen-bond donors (Lipinski definition) is 1. The first-order valence-corrected chi connectivity index (χ1v) is 6.16. The number of carbonyl (C=O) groups is 1. The number of nitrogens with zero attached hydrogens (tertiary/aromatic N) is 2. The van der Waals surface area contributed by atoms with Gasteiger partial charge in [-0.25, -0.2) is 0 Å². The number of benzene rings is 1. The molecule has 2 rings (SSSR count). The summed E-state index contributed by atoms with van der Waals surface area (Å²) < 4.78 is 0. The zero-order valence-electron chi connectivity index (χ0n) is 10.6. The molecule has 1 aromatic rings. The van der Waals surface area contributed by atoms with Crippen molar-refractivity contribution < 1.29 is 4.79 Å². The van der Waals surface area contributed by atoms with Crippen LogP contribution in [-0.2, 0) is 17.6 Å². The molecule has 0 saturated carbocycles. The van der Waals surface area contributed by atoms with Crippen molar-refractivity contribution in [3.05, 3.63) is 29.3 Å². The third-order valence-electron chi connectivity index (χ3n) is 3.19. The van der Waals surface area contributed by atoms with Crippen LogP contribution in [0.1, 0.15) is 17.5 Å². The minimum absolute atomic E-state index is 0.101. The highest BCUT2D eigenvalue weighted by Gasteiger charge is 2.14. The van der Waals surface area contributed by atoms with Crippen LogP contribution in [0.4, 0.5) is 5.69 Å². The van der Waals surface area contributed by atoms with Crippen molar-refractivity contribution in [2.24, 2.45) is 0 Å². The van der Waals surface area contributed by atoms with E-state index in [9.17, 15) is 4.79 Å². The van der Waals surface area contributed by atoms with Gasteiger partial charge in [0.15, 0.2) is 0 Å². The molecule has 0 saturated heterocycles. The number of nitrogens with one attached hydrogen (secondary N) is 1. The second kappa shape index (κ2) is 5.65. The van der Waals surface area contributed by atoms with Crippen LogP contribution in [0.15, 0.2) is 18.2 Å². The van der Waals surface area contributed by atoms with Crippen LogP contribution >= 0.6 is 0 Å². The van der Waals surface area contributed by atoms with Gasteiger partial charge in [-0.3, -0.25) is 9.69 Å². The van der Waals surface area contributed by atoms with E-state index in [2.05, 4.69) is 17.5 Å². The van der Waals surface area contributed by atoms with E-state index in [1.54, 1.807) is 0 Å². The van der Waals surface area contributed by atoms with Crippen LogP contribution in [0.3, 0.4) is 0 Å². The van der Waals surface area contributed by atoms with Gasteiger partial charge in [0.1, 0.15) is 0 Å². The number of anilines is 1. The lowest BCUT2D eigenvalue weighted by molar-refractivity contribution is -0.116. The highest BCUT2D eigenvalue weighted by molar-refractivity contribution is 5.93. The second-order valence-corrected chi connectivity index (χ2v) is 4.69. The average Bonchev–Trinajstić information content (AvgIpc) is 2.36. The largest absolute Gasteiger partial charge is 0.326 e. The molecular weight excluding hydrogens is 226 g/mol. The lowest BCUT2D eigenvalue weighted by Crippen LogP contribution is -2.22. The summed E-state index contributed by atoms with van der Waals surface area (Å²) in [6, 6.07) is 8.32. The lowest BCUT2D eigenvalue weighted by atomic mass is 9.99. The van der Waals surface area contributed by atoms with Gasteiger partial charge in [-0.05, 0) is 37.1 Å². The van der Waals surface area contributed by atoms with Crippen molar-refractivity contribution >= 4 is 11.6 Å². The zero-order valence-corrected chi connectivity index (χ0v) is 10.6. The Hall–Kier alpha value is -1.86. The molecule has 1 N–H and O–H groups in total. The predicted molar refractivity (Wildman–Crippen MR) is 70.2 cm³/mol. The van der Waals surface area contributed by atoms with Gasteiger partial charge in [0, 0.05) is 18.7 Å². The number of carbonyl (C=O) groups excluding carboxylic acids is 1. The highest BCUT2D eigenvalue weighted by atomic mass is 16.1. The monoisotopic (exact) mass is 243 g/mol. The third kappa shape index (κ3) is 3.08. The molecule has 0 aromatic heterocycles. The summed E-state index contributed by atoms with van der Waals surface area (Å²) in [7, 11) is 1.95. The van der Waals surface area contributed by atoms with E-state index in [4.69, 9.17) is 5.26 Å². The molecule has 4 heteroatoms. The Balaban J connectivity index is 1.99. The van der Waals surface area contributed by atoms with E-state index in [-0.39, 0.29) is 5.91 Å². The van der Waals surface area contributed by atoms with Crippen molar-refractivity contribution in [1.29, 1.82) is 5.26 Å². The van der Waals surface area contributed by atoms with Gasteiger partial charge in [0.2, 0.25) is 5.91 Å². The molecule has 0 spiro atoms. The molecule has 0 atom stereocenters. The van der Waals surface area contributed by atoms with Crippen molar-refractivity contribution in [3.8, 4) is 6.07 Å². The lowest BCUT2D eigenvalue weighted by Gasteiger charge is -2.18. The summed E-state index contributed by atoms with van der Waals surface area (Å²) in [5.41, 5.74) is 3.42. The number of aryl methyl sites for hydroxylation is 1. The second-order valence-electron chi connectivity index (χ2n) is 4.69. The van der Waals surface area contributed by atoms with E-state index in [0.717, 1.165) is 25.1 Å². The van der Waals surface area contributed by atoms with Crippen molar-refractivity contribution in [2.45, 2.75) is 19.3 Å². The summed E-state index contributed by atoms with van der Waals surface area (Å²) in [6.45, 7) is 1.33. The maximum absolute atomic E-state index is 11.2. The van der Waals surface area contributed by atoms with Crippen LogP contribution in [0.5, 0.6) is 0 Å².